The van der Waals surface area contributed by atoms with Crippen molar-refractivity contribution in [2.24, 2.45) is 5.41 Å². The van der Waals surface area contributed by atoms with E-state index in [1.807, 2.05) is 30.3 Å². The molecule has 0 aromatic heterocycles. The fourth-order valence-electron chi connectivity index (χ4n) is 3.75. The Morgan fingerprint density at radius 3 is 2.34 bits per heavy atom. The summed E-state index contributed by atoms with van der Waals surface area (Å²) >= 11 is 0. The summed E-state index contributed by atoms with van der Waals surface area (Å²) in [7, 11) is 1.44. The standard InChI is InChI=1S/C22H34N2O5/c1-21(2,3)29-20(27)23-18(16-25)15-24-12-10-22(11-13-24,19(26)28-4)14-17-8-6-5-7-9-17/h5-9,18,25H,10-16H2,1-4H3,(H,23,27). The number of carbonyl (C=O) groups is 2. The number of likely N-dealkylation sites (tertiary alicyclic amines) is 1. The van der Waals surface area contributed by atoms with Crippen molar-refractivity contribution in [1.29, 1.82) is 0 Å². The van der Waals surface area contributed by atoms with Gasteiger partial charge < -0.3 is 24.8 Å². The quantitative estimate of drug-likeness (QED) is 0.676. The molecule has 1 aliphatic heterocycles. The second-order valence-electron chi connectivity index (χ2n) is 8.76. The highest BCUT2D eigenvalue weighted by Crippen LogP contribution is 2.36. The topological polar surface area (TPSA) is 88.1 Å². The molecule has 29 heavy (non-hydrogen) atoms. The molecule has 0 saturated carbocycles. The van der Waals surface area contributed by atoms with Crippen molar-refractivity contribution in [3.05, 3.63) is 35.9 Å². The van der Waals surface area contributed by atoms with Crippen molar-refractivity contribution in [2.75, 3.05) is 33.4 Å². The van der Waals surface area contributed by atoms with E-state index >= 15 is 0 Å². The van der Waals surface area contributed by atoms with Crippen LogP contribution < -0.4 is 5.32 Å². The highest BCUT2D eigenvalue weighted by atomic mass is 16.6. The highest BCUT2D eigenvalue weighted by Gasteiger charge is 2.42. The predicted molar refractivity (Wildman–Crippen MR) is 111 cm³/mol. The van der Waals surface area contributed by atoms with Gasteiger partial charge in [0.1, 0.15) is 5.60 Å². The van der Waals surface area contributed by atoms with Crippen LogP contribution in [-0.4, -0.2) is 67.1 Å². The SMILES string of the molecule is COC(=O)C1(Cc2ccccc2)CCN(CC(CO)NC(=O)OC(C)(C)C)CC1. The molecule has 162 valence electrons. The van der Waals surface area contributed by atoms with Crippen molar-refractivity contribution in [1.82, 2.24) is 10.2 Å². The van der Waals surface area contributed by atoms with Gasteiger partial charge in [0.15, 0.2) is 0 Å². The first-order chi connectivity index (χ1) is 13.7. The lowest BCUT2D eigenvalue weighted by atomic mass is 9.73. The number of piperidine rings is 1. The monoisotopic (exact) mass is 406 g/mol. The average molecular weight is 407 g/mol. The molecule has 2 rings (SSSR count). The minimum absolute atomic E-state index is 0.174. The predicted octanol–water partition coefficient (Wildman–Crippen LogP) is 2.37. The first kappa shape index (κ1) is 23.2. The van der Waals surface area contributed by atoms with E-state index in [1.165, 1.54) is 7.11 Å². The molecule has 0 aliphatic carbocycles. The van der Waals surface area contributed by atoms with Gasteiger partial charge in [0.2, 0.25) is 0 Å². The van der Waals surface area contributed by atoms with Crippen molar-refractivity contribution in [2.45, 2.75) is 51.7 Å². The van der Waals surface area contributed by atoms with Crippen LogP contribution in [0.4, 0.5) is 4.79 Å². The van der Waals surface area contributed by atoms with E-state index in [9.17, 15) is 14.7 Å². The number of benzene rings is 1. The summed E-state index contributed by atoms with van der Waals surface area (Å²) in [6.07, 6.45) is 1.44. The lowest BCUT2D eigenvalue weighted by Crippen LogP contribution is -2.52. The Hall–Kier alpha value is -2.12. The first-order valence-electron chi connectivity index (χ1n) is 10.1. The Morgan fingerprint density at radius 1 is 1.21 bits per heavy atom. The minimum Gasteiger partial charge on any atom is -0.469 e. The zero-order chi connectivity index (χ0) is 21.5. The lowest BCUT2D eigenvalue weighted by Gasteiger charge is -2.40. The first-order valence-corrected chi connectivity index (χ1v) is 10.1. The van der Waals surface area contributed by atoms with Crippen LogP contribution in [0.3, 0.4) is 0 Å². The number of alkyl carbamates (subject to hydrolysis) is 1. The molecule has 1 saturated heterocycles. The van der Waals surface area contributed by atoms with Crippen LogP contribution in [0.5, 0.6) is 0 Å². The Kier molecular flexibility index (Phi) is 8.05. The molecule has 2 N–H and O–H groups in total. The van der Waals surface area contributed by atoms with Crippen LogP contribution in [0.1, 0.15) is 39.2 Å². The zero-order valence-corrected chi connectivity index (χ0v) is 17.9. The van der Waals surface area contributed by atoms with Crippen molar-refractivity contribution in [3.63, 3.8) is 0 Å². The second-order valence-corrected chi connectivity index (χ2v) is 8.76. The number of rotatable bonds is 7. The molecule has 1 heterocycles. The Morgan fingerprint density at radius 2 is 1.83 bits per heavy atom. The second kappa shape index (κ2) is 10.1. The van der Waals surface area contributed by atoms with E-state index in [-0.39, 0.29) is 12.6 Å². The number of amides is 1. The maximum atomic E-state index is 12.6. The fourth-order valence-corrected chi connectivity index (χ4v) is 3.75. The maximum Gasteiger partial charge on any atom is 0.407 e. The van der Waals surface area contributed by atoms with Crippen LogP contribution in [0.25, 0.3) is 0 Å². The molecule has 0 spiro atoms. The van der Waals surface area contributed by atoms with Crippen molar-refractivity contribution < 1.29 is 24.2 Å². The highest BCUT2D eigenvalue weighted by molar-refractivity contribution is 5.77. The van der Waals surface area contributed by atoms with Crippen LogP contribution in [-0.2, 0) is 20.7 Å². The molecule has 1 unspecified atom stereocenters. The van der Waals surface area contributed by atoms with Gasteiger partial charge in [0.25, 0.3) is 0 Å². The van der Waals surface area contributed by atoms with Gasteiger partial charge in [-0.25, -0.2) is 4.79 Å². The van der Waals surface area contributed by atoms with E-state index in [1.54, 1.807) is 20.8 Å². The van der Waals surface area contributed by atoms with Gasteiger partial charge in [-0.05, 0) is 58.7 Å². The summed E-state index contributed by atoms with van der Waals surface area (Å²) in [5, 5.41) is 12.4. The third-order valence-corrected chi connectivity index (χ3v) is 5.24. The largest absolute Gasteiger partial charge is 0.469 e. The number of hydrogen-bond acceptors (Lipinski definition) is 6. The van der Waals surface area contributed by atoms with Gasteiger partial charge in [0, 0.05) is 6.54 Å². The number of aliphatic hydroxyl groups is 1. The number of carbonyl (C=O) groups excluding carboxylic acids is 2. The number of ether oxygens (including phenoxy) is 2. The summed E-state index contributed by atoms with van der Waals surface area (Å²) in [5.74, 6) is -0.174. The van der Waals surface area contributed by atoms with Gasteiger partial charge in [-0.15, -0.1) is 0 Å². The molecular formula is C22H34N2O5. The Balaban J connectivity index is 1.95. The molecule has 7 heteroatoms. The van der Waals surface area contributed by atoms with Gasteiger partial charge >= 0.3 is 12.1 Å². The lowest BCUT2D eigenvalue weighted by molar-refractivity contribution is -0.156. The summed E-state index contributed by atoms with van der Waals surface area (Å²) in [6.45, 7) is 7.09. The van der Waals surface area contributed by atoms with Crippen LogP contribution in [0.15, 0.2) is 30.3 Å². The van der Waals surface area contributed by atoms with E-state index in [0.29, 0.717) is 38.9 Å². The number of hydrogen-bond donors (Lipinski definition) is 2. The molecule has 7 nitrogen and oxygen atoms in total. The number of nitrogens with zero attached hydrogens (tertiary/aromatic N) is 1. The maximum absolute atomic E-state index is 12.6. The van der Waals surface area contributed by atoms with Gasteiger partial charge in [-0.2, -0.15) is 0 Å². The van der Waals surface area contributed by atoms with Crippen LogP contribution in [0, 0.1) is 5.41 Å². The number of esters is 1. The van der Waals surface area contributed by atoms with E-state index in [2.05, 4.69) is 10.2 Å². The summed E-state index contributed by atoms with van der Waals surface area (Å²) in [4.78, 5) is 26.7. The number of methoxy groups -OCH3 is 1. The van der Waals surface area contributed by atoms with Crippen LogP contribution >= 0.6 is 0 Å². The van der Waals surface area contributed by atoms with Crippen LogP contribution in [0.2, 0.25) is 0 Å². The smallest absolute Gasteiger partial charge is 0.407 e. The summed E-state index contributed by atoms with van der Waals surface area (Å²) < 4.78 is 10.4. The minimum atomic E-state index is -0.591. The average Bonchev–Trinajstić information content (AvgIpc) is 2.67. The number of nitrogens with one attached hydrogen (secondary N) is 1. The molecule has 1 aromatic rings. The molecule has 1 atom stereocenters. The molecular weight excluding hydrogens is 372 g/mol. The van der Waals surface area contributed by atoms with E-state index < -0.39 is 23.2 Å². The van der Waals surface area contributed by atoms with Gasteiger partial charge in [-0.1, -0.05) is 30.3 Å². The number of aliphatic hydroxyl groups excluding tert-OH is 1. The van der Waals surface area contributed by atoms with Gasteiger partial charge in [0.05, 0.1) is 25.2 Å². The molecule has 1 aromatic carbocycles. The summed E-state index contributed by atoms with van der Waals surface area (Å²) in [6, 6.07) is 9.55. The van der Waals surface area contributed by atoms with E-state index in [0.717, 1.165) is 5.56 Å². The van der Waals surface area contributed by atoms with E-state index in [4.69, 9.17) is 9.47 Å². The Bertz CT molecular complexity index is 664. The third kappa shape index (κ3) is 7.01. The molecule has 0 bridgehead atoms. The van der Waals surface area contributed by atoms with Crippen molar-refractivity contribution >= 4 is 12.1 Å². The fraction of sp³-hybridized carbons (Fsp3) is 0.636. The molecule has 1 fully saturated rings. The van der Waals surface area contributed by atoms with Gasteiger partial charge in [-0.3, -0.25) is 4.79 Å². The normalized spacial score (nSPS) is 18.0. The molecule has 1 amide bonds. The zero-order valence-electron chi connectivity index (χ0n) is 17.9. The summed E-state index contributed by atoms with van der Waals surface area (Å²) in [5.41, 5.74) is -0.0154. The van der Waals surface area contributed by atoms with Crippen molar-refractivity contribution in [3.8, 4) is 0 Å². The Labute approximate surface area is 173 Å². The molecule has 1 aliphatic rings. The molecule has 0 radical (unpaired) electrons. The third-order valence-electron chi connectivity index (χ3n) is 5.24.